The summed E-state index contributed by atoms with van der Waals surface area (Å²) in [7, 11) is 3.10. The van der Waals surface area contributed by atoms with Gasteiger partial charge in [-0.25, -0.2) is 9.48 Å². The first kappa shape index (κ1) is 18.1. The summed E-state index contributed by atoms with van der Waals surface area (Å²) in [6.07, 6.45) is 0.777. The van der Waals surface area contributed by atoms with Crippen molar-refractivity contribution in [1.29, 1.82) is 0 Å². The van der Waals surface area contributed by atoms with Crippen LogP contribution in [0.1, 0.15) is 24.1 Å². The summed E-state index contributed by atoms with van der Waals surface area (Å²) in [5, 5.41) is 4.16. The highest BCUT2D eigenvalue weighted by Gasteiger charge is 2.55. The number of hydrogen-bond acceptors (Lipinski definition) is 5. The molecule has 1 aromatic heterocycles. The Balaban J connectivity index is 1.70. The van der Waals surface area contributed by atoms with E-state index in [0.717, 1.165) is 10.5 Å². The minimum absolute atomic E-state index is 0.129. The molecule has 0 N–H and O–H groups in total. The molecule has 4 amide bonds. The number of amides is 4. The number of piperidine rings is 1. The van der Waals surface area contributed by atoms with Crippen LogP contribution in [0.4, 0.5) is 4.79 Å². The van der Waals surface area contributed by atoms with E-state index in [4.69, 9.17) is 0 Å². The third kappa shape index (κ3) is 2.67. The van der Waals surface area contributed by atoms with Crippen LogP contribution in [0.3, 0.4) is 0 Å². The highest BCUT2D eigenvalue weighted by atomic mass is 16.2. The molecule has 2 saturated heterocycles. The molecule has 0 aromatic carbocycles. The molecule has 0 atom stereocenters. The lowest BCUT2D eigenvalue weighted by atomic mass is 9.86. The molecule has 1 aromatic rings. The lowest BCUT2D eigenvalue weighted by molar-refractivity contribution is -0.140. The number of likely N-dealkylation sites (N-methyl/N-ethyl adjacent to an activating group) is 2. The predicted octanol–water partition coefficient (Wildman–Crippen LogP) is -0.255. The molecular formula is C17H23N5O4. The molecule has 3 rings (SSSR count). The van der Waals surface area contributed by atoms with Gasteiger partial charge in [-0.15, -0.1) is 0 Å². The van der Waals surface area contributed by atoms with Gasteiger partial charge in [-0.2, -0.15) is 5.10 Å². The highest BCUT2D eigenvalue weighted by Crippen LogP contribution is 2.35. The van der Waals surface area contributed by atoms with Crippen LogP contribution in [0.2, 0.25) is 0 Å². The van der Waals surface area contributed by atoms with Crippen LogP contribution in [0.15, 0.2) is 10.9 Å². The molecule has 26 heavy (non-hydrogen) atoms. The van der Waals surface area contributed by atoms with E-state index in [-0.39, 0.29) is 29.9 Å². The number of nitrogens with zero attached hydrogens (tertiary/aromatic N) is 5. The van der Waals surface area contributed by atoms with Gasteiger partial charge in [0.15, 0.2) is 0 Å². The highest BCUT2D eigenvalue weighted by molar-refractivity contribution is 6.06. The SMILES string of the molecule is Cc1cc(=O)n(CC(=O)N2CCC3(CC2)C(=O)N(C)C(=O)N3C)nc1C. The van der Waals surface area contributed by atoms with E-state index in [0.29, 0.717) is 31.6 Å². The molecule has 140 valence electrons. The molecule has 0 bridgehead atoms. The molecule has 9 heteroatoms. The molecule has 9 nitrogen and oxygen atoms in total. The summed E-state index contributed by atoms with van der Waals surface area (Å²) in [6.45, 7) is 4.17. The number of imide groups is 1. The van der Waals surface area contributed by atoms with Crippen molar-refractivity contribution < 1.29 is 14.4 Å². The fourth-order valence-electron chi connectivity index (χ4n) is 3.64. The van der Waals surface area contributed by atoms with Crippen LogP contribution in [0.25, 0.3) is 0 Å². The van der Waals surface area contributed by atoms with Crippen LogP contribution >= 0.6 is 0 Å². The Morgan fingerprint density at radius 1 is 1.15 bits per heavy atom. The molecule has 0 unspecified atom stereocenters. The maximum absolute atomic E-state index is 12.6. The van der Waals surface area contributed by atoms with Crippen molar-refractivity contribution in [2.45, 2.75) is 38.8 Å². The topological polar surface area (TPSA) is 95.8 Å². The summed E-state index contributed by atoms with van der Waals surface area (Å²) in [5.74, 6) is -0.436. The molecule has 3 heterocycles. The third-order valence-electron chi connectivity index (χ3n) is 5.58. The summed E-state index contributed by atoms with van der Waals surface area (Å²) in [5.41, 5.74) is 0.316. The largest absolute Gasteiger partial charge is 0.341 e. The quantitative estimate of drug-likeness (QED) is 0.677. The smallest absolute Gasteiger partial charge is 0.327 e. The molecular weight excluding hydrogens is 338 g/mol. The van der Waals surface area contributed by atoms with Gasteiger partial charge in [0, 0.05) is 33.3 Å². The molecule has 2 aliphatic heterocycles. The molecule has 0 aliphatic carbocycles. The number of likely N-dealkylation sites (tertiary alicyclic amines) is 1. The molecule has 1 spiro atoms. The number of carbonyl (C=O) groups is 3. The molecule has 0 saturated carbocycles. The summed E-state index contributed by atoms with van der Waals surface area (Å²) in [4.78, 5) is 53.3. The Bertz CT molecular complexity index is 838. The van der Waals surface area contributed by atoms with Gasteiger partial charge in [0.25, 0.3) is 11.5 Å². The number of aryl methyl sites for hydroxylation is 2. The summed E-state index contributed by atoms with van der Waals surface area (Å²) >= 11 is 0. The van der Waals surface area contributed by atoms with Gasteiger partial charge < -0.3 is 9.80 Å². The number of carbonyl (C=O) groups excluding carboxylic acids is 3. The van der Waals surface area contributed by atoms with Gasteiger partial charge in [0.05, 0.1) is 5.69 Å². The maximum Gasteiger partial charge on any atom is 0.327 e. The predicted molar refractivity (Wildman–Crippen MR) is 92.4 cm³/mol. The van der Waals surface area contributed by atoms with E-state index in [1.807, 2.05) is 0 Å². The Morgan fingerprint density at radius 2 is 1.77 bits per heavy atom. The van der Waals surface area contributed by atoms with Crippen LogP contribution in [0.5, 0.6) is 0 Å². The Hall–Kier alpha value is -2.71. The monoisotopic (exact) mass is 361 g/mol. The molecule has 2 fully saturated rings. The van der Waals surface area contributed by atoms with Crippen LogP contribution in [0, 0.1) is 13.8 Å². The van der Waals surface area contributed by atoms with Crippen LogP contribution in [-0.2, 0) is 16.1 Å². The van der Waals surface area contributed by atoms with Gasteiger partial charge in [0.1, 0.15) is 12.1 Å². The van der Waals surface area contributed by atoms with E-state index < -0.39 is 5.54 Å². The van der Waals surface area contributed by atoms with Gasteiger partial charge >= 0.3 is 6.03 Å². The Kier molecular flexibility index (Phi) is 4.33. The van der Waals surface area contributed by atoms with Crippen molar-refractivity contribution in [2.75, 3.05) is 27.2 Å². The third-order valence-corrected chi connectivity index (χ3v) is 5.58. The van der Waals surface area contributed by atoms with Crippen molar-refractivity contribution in [3.05, 3.63) is 27.7 Å². The lowest BCUT2D eigenvalue weighted by Gasteiger charge is -2.40. The van der Waals surface area contributed by atoms with Crippen molar-refractivity contribution in [3.8, 4) is 0 Å². The van der Waals surface area contributed by atoms with Gasteiger partial charge in [-0.3, -0.25) is 19.3 Å². The normalized spacial score (nSPS) is 19.6. The maximum atomic E-state index is 12.6. The van der Waals surface area contributed by atoms with Crippen molar-refractivity contribution in [3.63, 3.8) is 0 Å². The zero-order valence-corrected chi connectivity index (χ0v) is 15.5. The Labute approximate surface area is 151 Å². The summed E-state index contributed by atoms with van der Waals surface area (Å²) < 4.78 is 1.17. The van der Waals surface area contributed by atoms with E-state index in [9.17, 15) is 19.2 Å². The zero-order valence-electron chi connectivity index (χ0n) is 15.5. The van der Waals surface area contributed by atoms with E-state index in [1.54, 1.807) is 25.8 Å². The van der Waals surface area contributed by atoms with Crippen LogP contribution in [-0.4, -0.2) is 75.0 Å². The second-order valence-corrected chi connectivity index (χ2v) is 7.03. The second kappa shape index (κ2) is 6.22. The Morgan fingerprint density at radius 3 is 2.31 bits per heavy atom. The molecule has 2 aliphatic rings. The standard InChI is InChI=1S/C17H23N5O4/c1-11-9-13(23)22(18-12(11)2)10-14(24)21-7-5-17(6-8-21)15(25)19(3)16(26)20(17)4/h9H,5-8,10H2,1-4H3. The minimum atomic E-state index is -0.863. The minimum Gasteiger partial charge on any atom is -0.341 e. The fraction of sp³-hybridized carbons (Fsp3) is 0.588. The first-order valence-electron chi connectivity index (χ1n) is 8.56. The van der Waals surface area contributed by atoms with Crippen LogP contribution < -0.4 is 5.56 Å². The van der Waals surface area contributed by atoms with Crippen molar-refractivity contribution in [2.24, 2.45) is 0 Å². The van der Waals surface area contributed by atoms with Gasteiger partial charge in [-0.1, -0.05) is 0 Å². The van der Waals surface area contributed by atoms with Gasteiger partial charge in [0.2, 0.25) is 5.91 Å². The fourth-order valence-corrected chi connectivity index (χ4v) is 3.64. The average molecular weight is 361 g/mol. The van der Waals surface area contributed by atoms with E-state index >= 15 is 0 Å². The van der Waals surface area contributed by atoms with E-state index in [2.05, 4.69) is 5.10 Å². The summed E-state index contributed by atoms with van der Waals surface area (Å²) in [6, 6.07) is 1.15. The van der Waals surface area contributed by atoms with Crippen molar-refractivity contribution in [1.82, 2.24) is 24.5 Å². The first-order chi connectivity index (χ1) is 12.2. The average Bonchev–Trinajstić information content (AvgIpc) is 2.76. The number of hydrogen-bond donors (Lipinski definition) is 0. The number of aromatic nitrogens is 2. The molecule has 0 radical (unpaired) electrons. The number of urea groups is 1. The lowest BCUT2D eigenvalue weighted by Crippen LogP contribution is -2.56. The number of rotatable bonds is 2. The van der Waals surface area contributed by atoms with Gasteiger partial charge in [-0.05, 0) is 32.3 Å². The van der Waals surface area contributed by atoms with Crippen molar-refractivity contribution >= 4 is 17.8 Å². The zero-order chi connectivity index (χ0) is 19.2. The van der Waals surface area contributed by atoms with E-state index in [1.165, 1.54) is 22.7 Å². The second-order valence-electron chi connectivity index (χ2n) is 7.03. The first-order valence-corrected chi connectivity index (χ1v) is 8.56.